The van der Waals surface area contributed by atoms with Gasteiger partial charge in [0.25, 0.3) is 5.69 Å². The minimum absolute atomic E-state index is 0.0227. The van der Waals surface area contributed by atoms with Gasteiger partial charge in [-0.15, -0.1) is 0 Å². The molecule has 2 aromatic rings. The predicted molar refractivity (Wildman–Crippen MR) is 116 cm³/mol. The molecule has 0 amide bonds. The van der Waals surface area contributed by atoms with Crippen molar-refractivity contribution in [2.45, 2.75) is 32.9 Å². The highest BCUT2D eigenvalue weighted by Gasteiger charge is 2.31. The summed E-state index contributed by atoms with van der Waals surface area (Å²) in [5.74, 6) is 0.599. The third-order valence-corrected chi connectivity index (χ3v) is 4.68. The zero-order valence-electron chi connectivity index (χ0n) is 17.1. The summed E-state index contributed by atoms with van der Waals surface area (Å²) < 4.78 is 52.5. The van der Waals surface area contributed by atoms with Gasteiger partial charge in [0, 0.05) is 18.7 Å². The Balaban J connectivity index is 0.00000118. The second kappa shape index (κ2) is 12.6. The number of nitro benzene ring substituents is 1. The Bertz CT molecular complexity index is 938. The molecule has 0 aliphatic carbocycles. The highest BCUT2D eigenvalue weighted by atomic mass is 35.5. The Hall–Kier alpha value is -2.33. The number of halogens is 4. The molecule has 3 N–H and O–H groups in total. The van der Waals surface area contributed by atoms with Crippen LogP contribution in [0.1, 0.15) is 32.3 Å². The first-order chi connectivity index (χ1) is 14.9. The van der Waals surface area contributed by atoms with Crippen LogP contribution in [-0.2, 0) is 10.7 Å². The first-order valence-electron chi connectivity index (χ1n) is 9.37. The van der Waals surface area contributed by atoms with Gasteiger partial charge in [-0.25, -0.2) is 0 Å². The van der Waals surface area contributed by atoms with Crippen LogP contribution in [0.4, 0.5) is 24.5 Å². The third kappa shape index (κ3) is 9.04. The predicted octanol–water partition coefficient (Wildman–Crippen LogP) is 6.27. The van der Waals surface area contributed by atoms with Crippen LogP contribution >= 0.6 is 19.9 Å². The van der Waals surface area contributed by atoms with E-state index in [-0.39, 0.29) is 27.9 Å². The maximum atomic E-state index is 12.7. The number of nitrogens with one attached hydrogen (secondary N) is 1. The molecule has 0 saturated carbocycles. The number of alkyl halides is 3. The second-order valence-corrected chi connectivity index (χ2v) is 7.50. The van der Waals surface area contributed by atoms with Crippen LogP contribution in [-0.4, -0.2) is 21.3 Å². The van der Waals surface area contributed by atoms with Crippen molar-refractivity contribution < 1.29 is 37.2 Å². The summed E-state index contributed by atoms with van der Waals surface area (Å²) in [5.41, 5.74) is -0.727. The van der Waals surface area contributed by atoms with E-state index in [9.17, 15) is 23.3 Å². The number of hydrogen-bond donors (Lipinski definition) is 3. The maximum Gasteiger partial charge on any atom is 0.416 e. The van der Waals surface area contributed by atoms with Crippen LogP contribution in [0.3, 0.4) is 0 Å². The van der Waals surface area contributed by atoms with Gasteiger partial charge in [0.1, 0.15) is 17.2 Å². The van der Waals surface area contributed by atoms with Crippen molar-refractivity contribution in [3.05, 3.63) is 57.1 Å². The van der Waals surface area contributed by atoms with Crippen molar-refractivity contribution in [2.75, 3.05) is 11.9 Å². The molecule has 2 aromatic carbocycles. The monoisotopic (exact) mass is 498 g/mol. The Morgan fingerprint density at radius 1 is 1.19 bits per heavy atom. The third-order valence-electron chi connectivity index (χ3n) is 4.39. The van der Waals surface area contributed by atoms with E-state index < -0.39 is 24.9 Å². The van der Waals surface area contributed by atoms with Crippen molar-refractivity contribution in [3.8, 4) is 11.5 Å². The molecule has 0 heterocycles. The van der Waals surface area contributed by atoms with Crippen molar-refractivity contribution in [1.82, 2.24) is 0 Å². The van der Waals surface area contributed by atoms with E-state index in [1.54, 1.807) is 0 Å². The maximum absolute atomic E-state index is 12.7. The minimum atomic E-state index is -4.51. The van der Waals surface area contributed by atoms with Crippen molar-refractivity contribution in [2.24, 2.45) is 5.92 Å². The molecule has 32 heavy (non-hydrogen) atoms. The van der Waals surface area contributed by atoms with E-state index >= 15 is 0 Å². The van der Waals surface area contributed by atoms with Gasteiger partial charge in [-0.1, -0.05) is 38.3 Å². The van der Waals surface area contributed by atoms with E-state index in [1.165, 1.54) is 18.2 Å². The summed E-state index contributed by atoms with van der Waals surface area (Å²) in [4.78, 5) is 25.1. The molecule has 0 aliphatic heterocycles. The fraction of sp³-hybridized carbons (Fsp3) is 0.368. The average molecular weight is 499 g/mol. The van der Waals surface area contributed by atoms with E-state index in [2.05, 4.69) is 5.32 Å². The van der Waals surface area contributed by atoms with E-state index in [0.29, 0.717) is 12.5 Å². The first kappa shape index (κ1) is 27.7. The first-order valence-corrected chi connectivity index (χ1v) is 11.1. The van der Waals surface area contributed by atoms with Crippen LogP contribution in [0.2, 0.25) is 5.02 Å². The van der Waals surface area contributed by atoms with Crippen molar-refractivity contribution in [3.63, 3.8) is 0 Å². The second-order valence-electron chi connectivity index (χ2n) is 6.53. The molecule has 0 aromatic heterocycles. The summed E-state index contributed by atoms with van der Waals surface area (Å²) in [6.45, 7) is 4.63. The summed E-state index contributed by atoms with van der Waals surface area (Å²) >= 11 is 5.90. The fourth-order valence-corrected chi connectivity index (χ4v) is 2.82. The summed E-state index contributed by atoms with van der Waals surface area (Å²) in [6, 6.07) is 6.84. The molecule has 13 heteroatoms. The number of nitrogens with zero attached hydrogens (tertiary/aromatic N) is 1. The van der Waals surface area contributed by atoms with Crippen LogP contribution in [0.25, 0.3) is 0 Å². The molecule has 0 unspecified atom stereocenters. The topological polar surface area (TPSA) is 122 Å². The Labute approximate surface area is 188 Å². The lowest BCUT2D eigenvalue weighted by Gasteiger charge is -2.15. The normalized spacial score (nSPS) is 11.2. The molecule has 0 fully saturated rings. The molecule has 0 aliphatic rings. The number of hydrogen-bond acceptors (Lipinski definition) is 5. The van der Waals surface area contributed by atoms with Crippen molar-refractivity contribution >= 4 is 31.2 Å². The highest BCUT2D eigenvalue weighted by Crippen LogP contribution is 2.38. The summed E-state index contributed by atoms with van der Waals surface area (Å²) in [5, 5.41) is 14.1. The molecule has 8 nitrogen and oxygen atoms in total. The van der Waals surface area contributed by atoms with Crippen LogP contribution < -0.4 is 10.1 Å². The molecular formula is C19H23ClF3N2O6P. The van der Waals surface area contributed by atoms with Crippen LogP contribution in [0.5, 0.6) is 11.5 Å². The van der Waals surface area contributed by atoms with E-state index in [1.807, 2.05) is 13.8 Å². The van der Waals surface area contributed by atoms with Crippen LogP contribution in [0.15, 0.2) is 36.4 Å². The summed E-state index contributed by atoms with van der Waals surface area (Å²) in [6.07, 6.45) is -2.66. The van der Waals surface area contributed by atoms with E-state index in [4.69, 9.17) is 30.7 Å². The molecule has 0 radical (unpaired) electrons. The van der Waals surface area contributed by atoms with Gasteiger partial charge in [-0.2, -0.15) is 13.2 Å². The number of anilines is 1. The number of nitro groups is 1. The van der Waals surface area contributed by atoms with Gasteiger partial charge in [-0.05, 0) is 30.2 Å². The van der Waals surface area contributed by atoms with Crippen LogP contribution in [0, 0.1) is 16.0 Å². The zero-order valence-corrected chi connectivity index (χ0v) is 18.9. The minimum Gasteiger partial charge on any atom is -0.456 e. The Morgan fingerprint density at radius 3 is 2.25 bits per heavy atom. The zero-order chi connectivity index (χ0) is 24.5. The highest BCUT2D eigenvalue weighted by molar-refractivity contribution is 7.30. The molecule has 0 spiro atoms. The van der Waals surface area contributed by atoms with Gasteiger partial charge in [0.05, 0.1) is 15.5 Å². The lowest BCUT2D eigenvalue weighted by Crippen LogP contribution is -2.13. The fourth-order valence-electron chi connectivity index (χ4n) is 2.60. The number of benzene rings is 2. The molecule has 2 rings (SSSR count). The smallest absolute Gasteiger partial charge is 0.416 e. The molecule has 0 atom stereocenters. The molecule has 0 bridgehead atoms. The van der Waals surface area contributed by atoms with Gasteiger partial charge in [0.2, 0.25) is 0 Å². The molecule has 0 saturated heterocycles. The summed E-state index contributed by atoms with van der Waals surface area (Å²) in [7, 11) is -3.13. The molecule has 178 valence electrons. The lowest BCUT2D eigenvalue weighted by atomic mass is 10.0. The molecular weight excluding hydrogens is 476 g/mol. The average Bonchev–Trinajstić information content (AvgIpc) is 2.69. The lowest BCUT2D eigenvalue weighted by molar-refractivity contribution is -0.384. The van der Waals surface area contributed by atoms with Gasteiger partial charge >= 0.3 is 14.4 Å². The van der Waals surface area contributed by atoms with Gasteiger partial charge in [0.15, 0.2) is 0 Å². The Morgan fingerprint density at radius 2 is 1.78 bits per heavy atom. The van der Waals surface area contributed by atoms with E-state index in [0.717, 1.165) is 31.0 Å². The SMILES string of the molecule is CCC(CC)CNc1cc(Oc2ccc(C(F)(F)F)cc2Cl)ccc1[N+](=O)[O-].O=[PH](O)O. The number of ether oxygens (including phenoxy) is 1. The Kier molecular flexibility index (Phi) is 10.9. The number of rotatable bonds is 8. The standard InChI is InChI=1S/C19H20ClF3N2O3.H3O3P/c1-3-12(4-2)11-24-16-10-14(6-7-17(16)25(26)27)28-18-8-5-13(9-15(18)20)19(21,22)23;1-4(2)3/h5-10,12,24H,3-4,11H2,1-2H3;4H,(H2,1,2,3). The van der Waals surface area contributed by atoms with Crippen molar-refractivity contribution in [1.29, 1.82) is 0 Å². The quantitative estimate of drug-likeness (QED) is 0.223. The van der Waals surface area contributed by atoms with Gasteiger partial charge in [-0.3, -0.25) is 14.7 Å². The largest absolute Gasteiger partial charge is 0.456 e. The van der Waals surface area contributed by atoms with Gasteiger partial charge < -0.3 is 19.8 Å².